The molecule has 3 nitrogen and oxygen atoms in total. The summed E-state index contributed by atoms with van der Waals surface area (Å²) in [6.07, 6.45) is 0. The minimum Gasteiger partial charge on any atom is -0.326 e. The summed E-state index contributed by atoms with van der Waals surface area (Å²) >= 11 is 1.69. The molecule has 1 amide bonds. The fourth-order valence-corrected chi connectivity index (χ4v) is 3.33. The molecule has 0 saturated carbocycles. The van der Waals surface area contributed by atoms with Crippen LogP contribution in [0, 0.1) is 0 Å². The molecule has 24 heavy (non-hydrogen) atoms. The molecule has 0 aliphatic heterocycles. The second kappa shape index (κ2) is 7.90. The number of nitrogens with one attached hydrogen (secondary N) is 2. The van der Waals surface area contributed by atoms with Crippen molar-refractivity contribution in [1.29, 1.82) is 0 Å². The summed E-state index contributed by atoms with van der Waals surface area (Å²) < 4.78 is 0. The number of benzene rings is 2. The van der Waals surface area contributed by atoms with Crippen molar-refractivity contribution in [3.8, 4) is 11.1 Å². The highest BCUT2D eigenvalue weighted by atomic mass is 32.1. The molecule has 0 radical (unpaired) electrons. The summed E-state index contributed by atoms with van der Waals surface area (Å²) in [5.41, 5.74) is 4.43. The summed E-state index contributed by atoms with van der Waals surface area (Å²) in [6.45, 7) is 1.32. The molecule has 1 heterocycles. The van der Waals surface area contributed by atoms with E-state index in [4.69, 9.17) is 0 Å². The van der Waals surface area contributed by atoms with Crippen molar-refractivity contribution in [2.75, 3.05) is 18.9 Å². The van der Waals surface area contributed by atoms with Gasteiger partial charge in [0.25, 0.3) is 5.91 Å². The molecule has 122 valence electrons. The Bertz CT molecular complexity index is 767. The zero-order chi connectivity index (χ0) is 16.8. The van der Waals surface area contributed by atoms with Crippen LogP contribution in [0.3, 0.4) is 0 Å². The lowest BCUT2D eigenvalue weighted by Crippen LogP contribution is -3.08. The normalized spacial score (nSPS) is 11.9. The van der Waals surface area contributed by atoms with E-state index in [-0.39, 0.29) is 5.91 Å². The molecule has 2 aromatic carbocycles. The minimum absolute atomic E-state index is 0.0372. The zero-order valence-corrected chi connectivity index (χ0v) is 14.5. The van der Waals surface area contributed by atoms with Crippen molar-refractivity contribution in [1.82, 2.24) is 0 Å². The van der Waals surface area contributed by atoms with Gasteiger partial charge in [-0.05, 0) is 40.1 Å². The molecule has 0 aliphatic carbocycles. The third-order valence-electron chi connectivity index (χ3n) is 3.82. The maximum atomic E-state index is 12.2. The Morgan fingerprint density at radius 3 is 2.38 bits per heavy atom. The van der Waals surface area contributed by atoms with E-state index in [9.17, 15) is 4.79 Å². The van der Waals surface area contributed by atoms with Crippen LogP contribution in [-0.4, -0.2) is 19.5 Å². The first-order valence-corrected chi connectivity index (χ1v) is 8.93. The lowest BCUT2D eigenvalue weighted by atomic mass is 10.1. The maximum absolute atomic E-state index is 12.2. The average molecular weight is 337 g/mol. The summed E-state index contributed by atoms with van der Waals surface area (Å²) in [5.74, 6) is 0.0372. The van der Waals surface area contributed by atoms with Crippen molar-refractivity contribution >= 4 is 22.9 Å². The second-order valence-electron chi connectivity index (χ2n) is 5.93. The molecule has 0 aliphatic rings. The smallest absolute Gasteiger partial charge is 0.279 e. The number of amides is 1. The van der Waals surface area contributed by atoms with Gasteiger partial charge < -0.3 is 10.2 Å². The Hall–Kier alpha value is -2.43. The monoisotopic (exact) mass is 337 g/mol. The molecule has 3 aromatic rings. The standard InChI is InChI=1S/C20H20N2OS/c1-22(13-16-11-12-24-15-16)14-20(23)21-19-9-7-18(8-10-19)17-5-3-2-4-6-17/h2-12,15H,13-14H2,1H3,(H,21,23)/p+1. The number of anilines is 1. The van der Waals surface area contributed by atoms with Gasteiger partial charge in [-0.25, -0.2) is 0 Å². The van der Waals surface area contributed by atoms with E-state index in [1.807, 2.05) is 49.5 Å². The summed E-state index contributed by atoms with van der Waals surface area (Å²) in [4.78, 5) is 13.3. The van der Waals surface area contributed by atoms with Crippen LogP contribution in [0.15, 0.2) is 71.4 Å². The fourth-order valence-electron chi connectivity index (χ4n) is 2.66. The minimum atomic E-state index is 0.0372. The average Bonchev–Trinajstić information content (AvgIpc) is 3.09. The fraction of sp³-hybridized carbons (Fsp3) is 0.150. The van der Waals surface area contributed by atoms with E-state index >= 15 is 0 Å². The molecular weight excluding hydrogens is 316 g/mol. The van der Waals surface area contributed by atoms with Gasteiger partial charge in [0.05, 0.1) is 7.05 Å². The van der Waals surface area contributed by atoms with Crippen LogP contribution in [0.2, 0.25) is 0 Å². The number of thiophene rings is 1. The highest BCUT2D eigenvalue weighted by Gasteiger charge is 2.11. The van der Waals surface area contributed by atoms with Crippen molar-refractivity contribution < 1.29 is 9.69 Å². The van der Waals surface area contributed by atoms with Gasteiger partial charge in [-0.2, -0.15) is 11.3 Å². The van der Waals surface area contributed by atoms with Crippen molar-refractivity contribution in [2.24, 2.45) is 0 Å². The van der Waals surface area contributed by atoms with E-state index in [0.29, 0.717) is 6.54 Å². The Kier molecular flexibility index (Phi) is 5.41. The SMILES string of the molecule is C[NH+](CC(=O)Nc1ccc(-c2ccccc2)cc1)Cc1ccsc1. The maximum Gasteiger partial charge on any atom is 0.279 e. The van der Waals surface area contributed by atoms with Crippen LogP contribution in [0.4, 0.5) is 5.69 Å². The summed E-state index contributed by atoms with van der Waals surface area (Å²) in [7, 11) is 2.04. The lowest BCUT2D eigenvalue weighted by molar-refractivity contribution is -0.885. The Balaban J connectivity index is 1.54. The highest BCUT2D eigenvalue weighted by Crippen LogP contribution is 2.20. The number of hydrogen-bond acceptors (Lipinski definition) is 2. The molecule has 0 saturated heterocycles. The van der Waals surface area contributed by atoms with Crippen LogP contribution in [-0.2, 0) is 11.3 Å². The van der Waals surface area contributed by atoms with Crippen LogP contribution >= 0.6 is 11.3 Å². The first-order chi connectivity index (χ1) is 11.7. The van der Waals surface area contributed by atoms with E-state index in [1.165, 1.54) is 16.0 Å². The first-order valence-electron chi connectivity index (χ1n) is 7.98. The molecule has 1 aromatic heterocycles. The van der Waals surface area contributed by atoms with Crippen LogP contribution < -0.4 is 10.2 Å². The van der Waals surface area contributed by atoms with Crippen LogP contribution in [0.5, 0.6) is 0 Å². The van der Waals surface area contributed by atoms with E-state index < -0.39 is 0 Å². The predicted octanol–water partition coefficient (Wildman–Crippen LogP) is 3.07. The molecule has 1 atom stereocenters. The number of hydrogen-bond donors (Lipinski definition) is 2. The highest BCUT2D eigenvalue weighted by molar-refractivity contribution is 7.07. The van der Waals surface area contributed by atoms with Crippen molar-refractivity contribution in [3.05, 3.63) is 77.0 Å². The van der Waals surface area contributed by atoms with Gasteiger partial charge in [0.1, 0.15) is 6.54 Å². The Morgan fingerprint density at radius 1 is 1.00 bits per heavy atom. The van der Waals surface area contributed by atoms with E-state index in [0.717, 1.165) is 17.8 Å². The number of carbonyl (C=O) groups is 1. The summed E-state index contributed by atoms with van der Waals surface area (Å²) in [5, 5.41) is 7.17. The van der Waals surface area contributed by atoms with Crippen LogP contribution in [0.25, 0.3) is 11.1 Å². The third kappa shape index (κ3) is 4.54. The van der Waals surface area contributed by atoms with Gasteiger partial charge in [0.2, 0.25) is 0 Å². The number of likely N-dealkylation sites (N-methyl/N-ethyl adjacent to an activating group) is 1. The second-order valence-corrected chi connectivity index (χ2v) is 6.71. The third-order valence-corrected chi connectivity index (χ3v) is 4.56. The van der Waals surface area contributed by atoms with Gasteiger partial charge in [-0.3, -0.25) is 4.79 Å². The van der Waals surface area contributed by atoms with Gasteiger partial charge in [-0.15, -0.1) is 0 Å². The number of carbonyl (C=O) groups excluding carboxylic acids is 1. The molecule has 0 fully saturated rings. The Morgan fingerprint density at radius 2 is 1.71 bits per heavy atom. The Labute approximate surface area is 146 Å². The molecule has 0 bridgehead atoms. The molecule has 2 N–H and O–H groups in total. The topological polar surface area (TPSA) is 33.5 Å². The predicted molar refractivity (Wildman–Crippen MR) is 100 cm³/mol. The van der Waals surface area contributed by atoms with Crippen molar-refractivity contribution in [3.63, 3.8) is 0 Å². The summed E-state index contributed by atoms with van der Waals surface area (Å²) in [6, 6.07) is 20.3. The van der Waals surface area contributed by atoms with Crippen molar-refractivity contribution in [2.45, 2.75) is 6.54 Å². The van der Waals surface area contributed by atoms with E-state index in [2.05, 4.69) is 34.3 Å². The number of quaternary nitrogens is 1. The van der Waals surface area contributed by atoms with Gasteiger partial charge in [0, 0.05) is 11.3 Å². The number of rotatable bonds is 6. The first kappa shape index (κ1) is 16.4. The van der Waals surface area contributed by atoms with Gasteiger partial charge in [-0.1, -0.05) is 42.5 Å². The molecular formula is C20H21N2OS+. The largest absolute Gasteiger partial charge is 0.326 e. The molecule has 4 heteroatoms. The van der Waals surface area contributed by atoms with Gasteiger partial charge >= 0.3 is 0 Å². The molecule has 3 rings (SSSR count). The quantitative estimate of drug-likeness (QED) is 0.712. The van der Waals surface area contributed by atoms with E-state index in [1.54, 1.807) is 11.3 Å². The molecule has 0 spiro atoms. The zero-order valence-electron chi connectivity index (χ0n) is 13.7. The molecule has 1 unspecified atom stereocenters. The van der Waals surface area contributed by atoms with Gasteiger partial charge in [0.15, 0.2) is 6.54 Å². The lowest BCUT2D eigenvalue weighted by Gasteiger charge is -2.13. The van der Waals surface area contributed by atoms with Crippen LogP contribution in [0.1, 0.15) is 5.56 Å².